The first-order valence-electron chi connectivity index (χ1n) is 7.91. The number of carbonyl (C=O) groups is 2. The Morgan fingerprint density at radius 1 is 1.36 bits per heavy atom. The van der Waals surface area contributed by atoms with Gasteiger partial charge in [-0.15, -0.1) is 11.8 Å². The van der Waals surface area contributed by atoms with Crippen molar-refractivity contribution in [3.63, 3.8) is 0 Å². The highest BCUT2D eigenvalue weighted by atomic mass is 35.5. The Balaban J connectivity index is 2.07. The lowest BCUT2D eigenvalue weighted by molar-refractivity contribution is -0.143. The number of halogens is 2. The molecule has 0 radical (unpaired) electrons. The molecule has 0 bridgehead atoms. The van der Waals surface area contributed by atoms with Crippen LogP contribution in [0.1, 0.15) is 27.7 Å². The Morgan fingerprint density at radius 3 is 2.68 bits per heavy atom. The summed E-state index contributed by atoms with van der Waals surface area (Å²) >= 11 is 13.6. The van der Waals surface area contributed by atoms with Crippen molar-refractivity contribution in [2.45, 2.75) is 45.4 Å². The molecule has 5 nitrogen and oxygen atoms in total. The van der Waals surface area contributed by atoms with Crippen LogP contribution in [0, 0.1) is 0 Å². The Bertz CT molecular complexity index is 664. The molecule has 0 saturated carbocycles. The molecule has 1 N–H and O–H groups in total. The highest BCUT2D eigenvalue weighted by Crippen LogP contribution is 2.32. The zero-order valence-corrected chi connectivity index (χ0v) is 17.0. The van der Waals surface area contributed by atoms with E-state index in [-0.39, 0.29) is 22.4 Å². The molecule has 0 aliphatic carbocycles. The van der Waals surface area contributed by atoms with Crippen LogP contribution in [0.25, 0.3) is 0 Å². The molecule has 0 spiro atoms. The Labute approximate surface area is 162 Å². The summed E-state index contributed by atoms with van der Waals surface area (Å²) in [5, 5.41) is 3.55. The fourth-order valence-electron chi connectivity index (χ4n) is 2.38. The number of thioether (sulfide) groups is 1. The van der Waals surface area contributed by atoms with Crippen LogP contribution in [0.5, 0.6) is 5.75 Å². The third-order valence-electron chi connectivity index (χ3n) is 3.53. The topological polar surface area (TPSA) is 58.6 Å². The van der Waals surface area contributed by atoms with Gasteiger partial charge in [-0.1, -0.05) is 29.3 Å². The second-order valence-corrected chi connectivity index (χ2v) is 8.66. The van der Waals surface area contributed by atoms with Crippen molar-refractivity contribution >= 4 is 46.8 Å². The maximum absolute atomic E-state index is 12.8. The predicted octanol–water partition coefficient (Wildman–Crippen LogP) is 3.58. The Kier molecular flexibility index (Phi) is 6.51. The summed E-state index contributed by atoms with van der Waals surface area (Å²) in [6.07, 6.45) is -0.778. The summed E-state index contributed by atoms with van der Waals surface area (Å²) in [7, 11) is 0. The molecule has 0 aromatic heterocycles. The summed E-state index contributed by atoms with van der Waals surface area (Å²) in [6, 6.07) is 4.50. The summed E-state index contributed by atoms with van der Waals surface area (Å²) in [4.78, 5) is 26.8. The van der Waals surface area contributed by atoms with Crippen LogP contribution in [0.3, 0.4) is 0 Å². The first-order chi connectivity index (χ1) is 11.6. The summed E-state index contributed by atoms with van der Waals surface area (Å²) < 4.78 is 5.68. The monoisotopic (exact) mass is 404 g/mol. The van der Waals surface area contributed by atoms with Gasteiger partial charge < -0.3 is 15.0 Å². The van der Waals surface area contributed by atoms with Gasteiger partial charge in [-0.25, -0.2) is 0 Å². The molecule has 1 fully saturated rings. The minimum absolute atomic E-state index is 0.154. The zero-order valence-electron chi connectivity index (χ0n) is 14.6. The summed E-state index contributed by atoms with van der Waals surface area (Å²) in [6.45, 7) is 7.37. The van der Waals surface area contributed by atoms with Gasteiger partial charge in [-0.05, 0) is 39.8 Å². The minimum Gasteiger partial charge on any atom is -0.479 e. The highest BCUT2D eigenvalue weighted by Gasteiger charge is 2.38. The van der Waals surface area contributed by atoms with E-state index in [1.165, 1.54) is 0 Å². The molecule has 8 heteroatoms. The number of nitrogens with one attached hydrogen (secondary N) is 1. The number of hydrogen-bond donors (Lipinski definition) is 1. The number of nitrogens with zero attached hydrogens (tertiary/aromatic N) is 1. The quantitative estimate of drug-likeness (QED) is 0.832. The van der Waals surface area contributed by atoms with E-state index in [2.05, 4.69) is 5.32 Å². The van der Waals surface area contributed by atoms with Crippen LogP contribution in [-0.4, -0.2) is 46.0 Å². The molecule has 1 aromatic rings. The van der Waals surface area contributed by atoms with Gasteiger partial charge in [-0.2, -0.15) is 0 Å². The summed E-state index contributed by atoms with van der Waals surface area (Å²) in [5.74, 6) is 0.961. The molecule has 25 heavy (non-hydrogen) atoms. The lowest BCUT2D eigenvalue weighted by Crippen LogP contribution is -2.54. The van der Waals surface area contributed by atoms with Crippen LogP contribution in [0.15, 0.2) is 18.2 Å². The van der Waals surface area contributed by atoms with Crippen LogP contribution in [0.4, 0.5) is 0 Å². The largest absolute Gasteiger partial charge is 0.479 e. The van der Waals surface area contributed by atoms with E-state index in [1.54, 1.807) is 41.8 Å². The van der Waals surface area contributed by atoms with Gasteiger partial charge in [0, 0.05) is 11.3 Å². The number of ether oxygens (including phenoxy) is 1. The fraction of sp³-hybridized carbons (Fsp3) is 0.529. The Morgan fingerprint density at radius 2 is 2.04 bits per heavy atom. The van der Waals surface area contributed by atoms with Crippen molar-refractivity contribution < 1.29 is 14.3 Å². The molecule has 2 rings (SSSR count). The van der Waals surface area contributed by atoms with Crippen LogP contribution in [-0.2, 0) is 9.59 Å². The third-order valence-corrected chi connectivity index (χ3v) is 5.35. The molecule has 2 unspecified atom stereocenters. The standard InChI is InChI=1S/C17H22Cl2N2O3S/c1-10(24-13-7-5-6-11(18)14(13)19)16(23)21-9-25-8-12(21)15(22)20-17(2,3)4/h5-7,10,12H,8-9H2,1-4H3,(H,20,22). The minimum atomic E-state index is -0.778. The molecular weight excluding hydrogens is 383 g/mol. The first kappa shape index (κ1) is 20.2. The van der Waals surface area contributed by atoms with Crippen molar-refractivity contribution in [1.29, 1.82) is 0 Å². The lowest BCUT2D eigenvalue weighted by atomic mass is 10.1. The van der Waals surface area contributed by atoms with Gasteiger partial charge in [0.15, 0.2) is 6.10 Å². The van der Waals surface area contributed by atoms with Crippen molar-refractivity contribution in [2.24, 2.45) is 0 Å². The van der Waals surface area contributed by atoms with E-state index in [1.807, 2.05) is 20.8 Å². The maximum atomic E-state index is 12.8. The number of rotatable bonds is 4. The second kappa shape index (κ2) is 8.06. The average molecular weight is 405 g/mol. The molecule has 138 valence electrons. The molecule has 2 amide bonds. The van der Waals surface area contributed by atoms with E-state index in [4.69, 9.17) is 27.9 Å². The van der Waals surface area contributed by atoms with Crippen molar-refractivity contribution in [3.05, 3.63) is 28.2 Å². The molecule has 1 heterocycles. The first-order valence-corrected chi connectivity index (χ1v) is 9.82. The normalized spacial score (nSPS) is 18.8. The van der Waals surface area contributed by atoms with Crippen LogP contribution in [0.2, 0.25) is 10.0 Å². The van der Waals surface area contributed by atoms with Gasteiger partial charge in [0.05, 0.1) is 10.9 Å². The Hall–Kier alpha value is -1.11. The third kappa shape index (κ3) is 5.19. The van der Waals surface area contributed by atoms with Crippen molar-refractivity contribution in [3.8, 4) is 5.75 Å². The molecule has 1 aromatic carbocycles. The number of benzene rings is 1. The lowest BCUT2D eigenvalue weighted by Gasteiger charge is -2.29. The SMILES string of the molecule is CC(Oc1cccc(Cl)c1Cl)C(=O)N1CSCC1C(=O)NC(C)(C)C. The predicted molar refractivity (Wildman–Crippen MR) is 102 cm³/mol. The van der Waals surface area contributed by atoms with Gasteiger partial charge in [-0.3, -0.25) is 9.59 Å². The van der Waals surface area contributed by atoms with E-state index >= 15 is 0 Å². The average Bonchev–Trinajstić information content (AvgIpc) is 2.99. The van der Waals surface area contributed by atoms with Gasteiger partial charge in [0.25, 0.3) is 5.91 Å². The van der Waals surface area contributed by atoms with Crippen LogP contribution < -0.4 is 10.1 Å². The zero-order chi connectivity index (χ0) is 18.8. The fourth-order valence-corrected chi connectivity index (χ4v) is 3.88. The van der Waals surface area contributed by atoms with Crippen molar-refractivity contribution in [1.82, 2.24) is 10.2 Å². The van der Waals surface area contributed by atoms with Gasteiger partial charge >= 0.3 is 0 Å². The van der Waals surface area contributed by atoms with E-state index in [0.717, 1.165) is 0 Å². The number of carbonyl (C=O) groups excluding carboxylic acids is 2. The van der Waals surface area contributed by atoms with Crippen LogP contribution >= 0.6 is 35.0 Å². The number of amides is 2. The van der Waals surface area contributed by atoms with E-state index in [0.29, 0.717) is 22.4 Å². The molecule has 1 aliphatic rings. The summed E-state index contributed by atoms with van der Waals surface area (Å²) in [5.41, 5.74) is -0.352. The molecule has 1 aliphatic heterocycles. The molecule has 2 atom stereocenters. The maximum Gasteiger partial charge on any atom is 0.264 e. The molecule has 1 saturated heterocycles. The number of hydrogen-bond acceptors (Lipinski definition) is 4. The smallest absolute Gasteiger partial charge is 0.264 e. The van der Waals surface area contributed by atoms with Crippen molar-refractivity contribution in [2.75, 3.05) is 11.6 Å². The highest BCUT2D eigenvalue weighted by molar-refractivity contribution is 7.99. The van der Waals surface area contributed by atoms with E-state index < -0.39 is 12.1 Å². The second-order valence-electron chi connectivity index (χ2n) is 6.87. The van der Waals surface area contributed by atoms with Gasteiger partial charge in [0.2, 0.25) is 5.91 Å². The van der Waals surface area contributed by atoms with Gasteiger partial charge in [0.1, 0.15) is 16.8 Å². The molecular formula is C17H22Cl2N2O3S. The van der Waals surface area contributed by atoms with E-state index in [9.17, 15) is 9.59 Å².